The summed E-state index contributed by atoms with van der Waals surface area (Å²) >= 11 is 0. The number of carbonyl (C=O) groups is 2. The standard InChI is InChI=1S/C28H28FN7O3/c1-16-5-4-6-18(13-16)22(15-37)32-26(38)17(2)36-14-19-7-8-20(25(29)24(19)27(36)39)21-9-11-30-28(33-21)34-23-10-12-31-35(23)3/h4-13,17,22,37H,14-15H2,1-3H3,(H,32,38)(H,30,33,34). The van der Waals surface area contributed by atoms with Gasteiger partial charge in [-0.2, -0.15) is 5.10 Å². The minimum Gasteiger partial charge on any atom is -0.394 e. The lowest BCUT2D eigenvalue weighted by Crippen LogP contribution is -2.46. The zero-order valence-corrected chi connectivity index (χ0v) is 21.7. The van der Waals surface area contributed by atoms with Crippen LogP contribution in [0.4, 0.5) is 16.2 Å². The van der Waals surface area contributed by atoms with Crippen LogP contribution in [-0.2, 0) is 18.4 Å². The molecule has 1 aliphatic heterocycles. The Balaban J connectivity index is 1.35. The summed E-state index contributed by atoms with van der Waals surface area (Å²) in [6.45, 7) is 3.30. The lowest BCUT2D eigenvalue weighted by molar-refractivity contribution is -0.126. The van der Waals surface area contributed by atoms with E-state index in [4.69, 9.17) is 0 Å². The van der Waals surface area contributed by atoms with Gasteiger partial charge < -0.3 is 20.6 Å². The van der Waals surface area contributed by atoms with Crippen molar-refractivity contribution in [2.45, 2.75) is 32.5 Å². The molecule has 2 aromatic carbocycles. The summed E-state index contributed by atoms with van der Waals surface area (Å²) in [6.07, 6.45) is 3.12. The number of anilines is 2. The third kappa shape index (κ3) is 5.08. The van der Waals surface area contributed by atoms with E-state index in [1.807, 2.05) is 31.2 Å². The second-order valence-electron chi connectivity index (χ2n) is 9.46. The van der Waals surface area contributed by atoms with E-state index >= 15 is 4.39 Å². The fourth-order valence-electron chi connectivity index (χ4n) is 4.62. The molecule has 11 heteroatoms. The summed E-state index contributed by atoms with van der Waals surface area (Å²) in [5, 5.41) is 19.8. The normalized spacial score (nSPS) is 14.2. The van der Waals surface area contributed by atoms with E-state index in [2.05, 4.69) is 25.7 Å². The third-order valence-electron chi connectivity index (χ3n) is 6.83. The summed E-state index contributed by atoms with van der Waals surface area (Å²) < 4.78 is 17.4. The average molecular weight is 530 g/mol. The van der Waals surface area contributed by atoms with Crippen LogP contribution in [0.2, 0.25) is 0 Å². The second-order valence-corrected chi connectivity index (χ2v) is 9.46. The van der Waals surface area contributed by atoms with E-state index in [0.29, 0.717) is 17.1 Å². The fraction of sp³-hybridized carbons (Fsp3) is 0.250. The maximum Gasteiger partial charge on any atom is 0.258 e. The molecule has 39 heavy (non-hydrogen) atoms. The number of hydrogen-bond acceptors (Lipinski definition) is 7. The molecule has 2 atom stereocenters. The highest BCUT2D eigenvalue weighted by molar-refractivity contribution is 6.02. The molecule has 0 radical (unpaired) electrons. The Kier molecular flexibility index (Phi) is 7.07. The number of aromatic nitrogens is 4. The van der Waals surface area contributed by atoms with Gasteiger partial charge in [0.05, 0.1) is 30.1 Å². The number of halogens is 1. The molecule has 2 aromatic heterocycles. The minimum absolute atomic E-state index is 0.0794. The summed E-state index contributed by atoms with van der Waals surface area (Å²) in [5.74, 6) is -0.818. The fourth-order valence-corrected chi connectivity index (χ4v) is 4.62. The van der Waals surface area contributed by atoms with Gasteiger partial charge in [0.15, 0.2) is 0 Å². The topological polar surface area (TPSA) is 125 Å². The molecule has 0 aliphatic carbocycles. The Bertz CT molecular complexity index is 1550. The zero-order chi connectivity index (χ0) is 27.7. The number of aliphatic hydroxyl groups excluding tert-OH is 1. The van der Waals surface area contributed by atoms with Gasteiger partial charge in [0, 0.05) is 31.4 Å². The lowest BCUT2D eigenvalue weighted by atomic mass is 10.0. The first-order valence-corrected chi connectivity index (χ1v) is 12.5. The SMILES string of the molecule is Cc1cccc(C(CO)NC(=O)C(C)N2Cc3ccc(-c4ccnc(Nc5ccnn5C)n4)c(F)c3C2=O)c1. The first-order valence-electron chi connectivity index (χ1n) is 12.5. The van der Waals surface area contributed by atoms with Crippen molar-refractivity contribution in [3.8, 4) is 11.3 Å². The van der Waals surface area contributed by atoms with E-state index in [1.165, 1.54) is 11.1 Å². The number of aliphatic hydroxyl groups is 1. The van der Waals surface area contributed by atoms with Gasteiger partial charge in [0.2, 0.25) is 11.9 Å². The highest BCUT2D eigenvalue weighted by Crippen LogP contribution is 2.33. The van der Waals surface area contributed by atoms with E-state index < -0.39 is 29.7 Å². The molecule has 2 amide bonds. The molecular formula is C28H28FN7O3. The van der Waals surface area contributed by atoms with Crippen molar-refractivity contribution in [1.29, 1.82) is 0 Å². The molecule has 200 valence electrons. The molecule has 4 aromatic rings. The number of hydrogen-bond donors (Lipinski definition) is 3. The Morgan fingerprint density at radius 2 is 2.00 bits per heavy atom. The van der Waals surface area contributed by atoms with Crippen molar-refractivity contribution in [3.05, 3.63) is 89.0 Å². The molecule has 0 saturated heterocycles. The van der Waals surface area contributed by atoms with Crippen molar-refractivity contribution in [2.24, 2.45) is 7.05 Å². The number of aryl methyl sites for hydroxylation is 2. The van der Waals surface area contributed by atoms with Crippen molar-refractivity contribution in [2.75, 3.05) is 11.9 Å². The van der Waals surface area contributed by atoms with Crippen molar-refractivity contribution in [1.82, 2.24) is 30.0 Å². The van der Waals surface area contributed by atoms with Gasteiger partial charge in [0.25, 0.3) is 5.91 Å². The monoisotopic (exact) mass is 529 g/mol. The molecule has 3 N–H and O–H groups in total. The maximum atomic E-state index is 15.8. The van der Waals surface area contributed by atoms with Crippen LogP contribution in [0.25, 0.3) is 11.3 Å². The maximum absolute atomic E-state index is 15.8. The summed E-state index contributed by atoms with van der Waals surface area (Å²) in [6, 6.07) is 12.5. The van der Waals surface area contributed by atoms with Crippen LogP contribution in [0.1, 0.15) is 40.0 Å². The molecule has 5 rings (SSSR count). The Morgan fingerprint density at radius 3 is 2.72 bits per heavy atom. The highest BCUT2D eigenvalue weighted by Gasteiger charge is 2.37. The Labute approximate surface area is 224 Å². The molecular weight excluding hydrogens is 501 g/mol. The van der Waals surface area contributed by atoms with E-state index in [0.717, 1.165) is 11.1 Å². The van der Waals surface area contributed by atoms with E-state index in [9.17, 15) is 14.7 Å². The van der Waals surface area contributed by atoms with Gasteiger partial charge in [-0.05, 0) is 37.1 Å². The predicted octanol–water partition coefficient (Wildman–Crippen LogP) is 3.26. The number of rotatable bonds is 8. The van der Waals surface area contributed by atoms with Crippen LogP contribution < -0.4 is 10.6 Å². The van der Waals surface area contributed by atoms with Gasteiger partial charge in [-0.25, -0.2) is 14.4 Å². The van der Waals surface area contributed by atoms with Crippen LogP contribution in [0, 0.1) is 12.7 Å². The number of carbonyl (C=O) groups excluding carboxylic acids is 2. The van der Waals surface area contributed by atoms with Gasteiger partial charge in [0.1, 0.15) is 17.7 Å². The molecule has 2 unspecified atom stereocenters. The predicted molar refractivity (Wildman–Crippen MR) is 142 cm³/mol. The van der Waals surface area contributed by atoms with E-state index in [1.54, 1.807) is 49.1 Å². The first-order chi connectivity index (χ1) is 18.8. The number of nitrogens with zero attached hydrogens (tertiary/aromatic N) is 5. The number of benzene rings is 2. The van der Waals surface area contributed by atoms with Crippen LogP contribution in [0.15, 0.2) is 60.9 Å². The van der Waals surface area contributed by atoms with E-state index in [-0.39, 0.29) is 30.2 Å². The minimum atomic E-state index is -0.889. The molecule has 0 fully saturated rings. The molecule has 0 spiro atoms. The van der Waals surface area contributed by atoms with Gasteiger partial charge in [-0.3, -0.25) is 14.3 Å². The molecule has 10 nitrogen and oxygen atoms in total. The first kappa shape index (κ1) is 26.0. The van der Waals surface area contributed by atoms with Gasteiger partial charge >= 0.3 is 0 Å². The molecule has 1 aliphatic rings. The second kappa shape index (κ2) is 10.6. The van der Waals surface area contributed by atoms with Gasteiger partial charge in [-0.15, -0.1) is 0 Å². The quantitative estimate of drug-likeness (QED) is 0.320. The van der Waals surface area contributed by atoms with Crippen LogP contribution in [-0.4, -0.2) is 54.2 Å². The highest BCUT2D eigenvalue weighted by atomic mass is 19.1. The summed E-state index contributed by atoms with van der Waals surface area (Å²) in [7, 11) is 1.76. The largest absolute Gasteiger partial charge is 0.394 e. The van der Waals surface area contributed by atoms with Crippen LogP contribution in [0.5, 0.6) is 0 Å². The smallest absolute Gasteiger partial charge is 0.258 e. The summed E-state index contributed by atoms with van der Waals surface area (Å²) in [5.41, 5.74) is 2.61. The zero-order valence-electron chi connectivity index (χ0n) is 21.7. The van der Waals surface area contributed by atoms with Crippen molar-refractivity contribution < 1.29 is 19.1 Å². The number of fused-ring (bicyclic) bond motifs is 1. The lowest BCUT2D eigenvalue weighted by Gasteiger charge is -2.26. The van der Waals surface area contributed by atoms with Gasteiger partial charge in [-0.1, -0.05) is 35.9 Å². The average Bonchev–Trinajstić information content (AvgIpc) is 3.49. The Hall–Kier alpha value is -4.64. The van der Waals surface area contributed by atoms with Crippen molar-refractivity contribution >= 4 is 23.6 Å². The number of amides is 2. The van der Waals surface area contributed by atoms with Crippen LogP contribution >= 0.6 is 0 Å². The molecule has 0 bridgehead atoms. The summed E-state index contributed by atoms with van der Waals surface area (Å²) in [4.78, 5) is 36.3. The van der Waals surface area contributed by atoms with Crippen LogP contribution in [0.3, 0.4) is 0 Å². The number of nitrogens with one attached hydrogen (secondary N) is 2. The third-order valence-corrected chi connectivity index (χ3v) is 6.83. The van der Waals surface area contributed by atoms with Crippen molar-refractivity contribution in [3.63, 3.8) is 0 Å². The Morgan fingerprint density at radius 1 is 1.18 bits per heavy atom. The molecule has 3 heterocycles. The molecule has 0 saturated carbocycles.